The van der Waals surface area contributed by atoms with Gasteiger partial charge in [-0.2, -0.15) is 0 Å². The fourth-order valence-corrected chi connectivity index (χ4v) is 1.50. The Balaban J connectivity index is 2.67. The summed E-state index contributed by atoms with van der Waals surface area (Å²) >= 11 is 2.35. The van der Waals surface area contributed by atoms with Crippen LogP contribution in [0.4, 0.5) is 0 Å². The van der Waals surface area contributed by atoms with Crippen LogP contribution in [0.5, 0.6) is 0 Å². The Morgan fingerprint density at radius 2 is 2.36 bits per heavy atom. The van der Waals surface area contributed by atoms with Crippen LogP contribution in [-0.4, -0.2) is 9.38 Å². The Hall–Kier alpha value is -0.580. The number of hydrogen-bond donors (Lipinski definition) is 0. The molecular formula is C8H7IN2. The van der Waals surface area contributed by atoms with Crippen molar-refractivity contribution < 1.29 is 0 Å². The van der Waals surface area contributed by atoms with Crippen molar-refractivity contribution in [2.45, 2.75) is 4.43 Å². The van der Waals surface area contributed by atoms with Gasteiger partial charge >= 0.3 is 0 Å². The van der Waals surface area contributed by atoms with Crippen LogP contribution in [0.2, 0.25) is 0 Å². The van der Waals surface area contributed by atoms with Crippen LogP contribution in [0.3, 0.4) is 0 Å². The third-order valence-electron chi connectivity index (χ3n) is 1.60. The van der Waals surface area contributed by atoms with Crippen molar-refractivity contribution in [2.75, 3.05) is 0 Å². The molecule has 0 N–H and O–H groups in total. The van der Waals surface area contributed by atoms with E-state index in [-0.39, 0.29) is 0 Å². The van der Waals surface area contributed by atoms with Crippen LogP contribution in [0.25, 0.3) is 5.65 Å². The minimum absolute atomic E-state index is 1.01. The second-order valence-electron chi connectivity index (χ2n) is 2.36. The Kier molecular flexibility index (Phi) is 1.81. The molecule has 0 aliphatic heterocycles. The number of rotatable bonds is 1. The summed E-state index contributed by atoms with van der Waals surface area (Å²) in [5.41, 5.74) is 2.34. The van der Waals surface area contributed by atoms with Gasteiger partial charge in [-0.1, -0.05) is 28.7 Å². The van der Waals surface area contributed by atoms with E-state index in [0.717, 1.165) is 10.1 Å². The molecule has 0 atom stereocenters. The molecule has 0 radical (unpaired) electrons. The van der Waals surface area contributed by atoms with Gasteiger partial charge in [-0.05, 0) is 11.6 Å². The van der Waals surface area contributed by atoms with Gasteiger partial charge in [0.15, 0.2) is 0 Å². The topological polar surface area (TPSA) is 17.3 Å². The van der Waals surface area contributed by atoms with Crippen LogP contribution < -0.4 is 0 Å². The van der Waals surface area contributed by atoms with Gasteiger partial charge in [0.05, 0.1) is 0 Å². The van der Waals surface area contributed by atoms with Crippen molar-refractivity contribution in [3.05, 3.63) is 36.3 Å². The first kappa shape index (κ1) is 7.09. The molecule has 0 bridgehead atoms. The molecule has 56 valence electrons. The minimum atomic E-state index is 1.01. The van der Waals surface area contributed by atoms with E-state index >= 15 is 0 Å². The van der Waals surface area contributed by atoms with Gasteiger partial charge < -0.3 is 4.40 Å². The summed E-state index contributed by atoms with van der Waals surface area (Å²) in [6.45, 7) is 0. The zero-order valence-electron chi connectivity index (χ0n) is 5.87. The van der Waals surface area contributed by atoms with Crippen molar-refractivity contribution in [1.29, 1.82) is 0 Å². The van der Waals surface area contributed by atoms with Crippen molar-refractivity contribution in [1.82, 2.24) is 9.38 Å². The largest absolute Gasteiger partial charge is 0.307 e. The standard InChI is InChI=1S/C8H7IN2/c9-5-7-1-2-8-10-3-4-11(8)6-7/h1-4,6H,5H2. The molecule has 0 saturated carbocycles. The monoisotopic (exact) mass is 258 g/mol. The quantitative estimate of drug-likeness (QED) is 0.566. The second kappa shape index (κ2) is 2.81. The normalized spacial score (nSPS) is 10.6. The molecular weight excluding hydrogens is 251 g/mol. The molecule has 3 heteroatoms. The van der Waals surface area contributed by atoms with E-state index in [2.05, 4.69) is 39.8 Å². The number of pyridine rings is 1. The predicted octanol–water partition coefficient (Wildman–Crippen LogP) is 2.27. The van der Waals surface area contributed by atoms with Gasteiger partial charge in [-0.25, -0.2) is 4.98 Å². The predicted molar refractivity (Wildman–Crippen MR) is 52.9 cm³/mol. The van der Waals surface area contributed by atoms with Gasteiger partial charge in [-0.15, -0.1) is 0 Å². The molecule has 2 nitrogen and oxygen atoms in total. The molecule has 2 heterocycles. The van der Waals surface area contributed by atoms with Crippen LogP contribution in [0.15, 0.2) is 30.7 Å². The molecule has 0 aliphatic carbocycles. The smallest absolute Gasteiger partial charge is 0.136 e. The van der Waals surface area contributed by atoms with E-state index in [1.54, 1.807) is 0 Å². The van der Waals surface area contributed by atoms with Crippen molar-refractivity contribution in [3.63, 3.8) is 0 Å². The average Bonchev–Trinajstić information content (AvgIpc) is 2.50. The zero-order valence-corrected chi connectivity index (χ0v) is 8.02. The molecule has 0 amide bonds. The molecule has 11 heavy (non-hydrogen) atoms. The van der Waals surface area contributed by atoms with E-state index in [1.165, 1.54) is 5.56 Å². The first-order valence-electron chi connectivity index (χ1n) is 3.38. The first-order chi connectivity index (χ1) is 5.40. The van der Waals surface area contributed by atoms with Gasteiger partial charge in [0.25, 0.3) is 0 Å². The molecule has 0 fully saturated rings. The van der Waals surface area contributed by atoms with Crippen molar-refractivity contribution >= 4 is 28.2 Å². The highest BCUT2D eigenvalue weighted by Gasteiger charge is 1.93. The number of aromatic nitrogens is 2. The van der Waals surface area contributed by atoms with Crippen molar-refractivity contribution in [3.8, 4) is 0 Å². The van der Waals surface area contributed by atoms with Crippen LogP contribution >= 0.6 is 22.6 Å². The number of imidazole rings is 1. The van der Waals surface area contributed by atoms with E-state index in [9.17, 15) is 0 Å². The van der Waals surface area contributed by atoms with Crippen LogP contribution in [0.1, 0.15) is 5.56 Å². The SMILES string of the molecule is ICc1ccc2nccn2c1. The number of nitrogens with zero attached hydrogens (tertiary/aromatic N) is 2. The Labute approximate surface area is 78.4 Å². The summed E-state index contributed by atoms with van der Waals surface area (Å²) in [6.07, 6.45) is 5.88. The molecule has 2 aromatic rings. The van der Waals surface area contributed by atoms with E-state index in [0.29, 0.717) is 0 Å². The summed E-state index contributed by atoms with van der Waals surface area (Å²) in [6, 6.07) is 4.14. The third-order valence-corrected chi connectivity index (χ3v) is 2.49. The lowest BCUT2D eigenvalue weighted by Crippen LogP contribution is -1.85. The summed E-state index contributed by atoms with van der Waals surface area (Å²) in [5.74, 6) is 0. The number of halogens is 1. The van der Waals surface area contributed by atoms with Crippen LogP contribution in [-0.2, 0) is 4.43 Å². The lowest BCUT2D eigenvalue weighted by atomic mass is 10.3. The lowest BCUT2D eigenvalue weighted by molar-refractivity contribution is 1.15. The maximum atomic E-state index is 4.15. The summed E-state index contributed by atoms with van der Waals surface area (Å²) in [5, 5.41) is 0. The Morgan fingerprint density at radius 1 is 1.45 bits per heavy atom. The number of alkyl halides is 1. The summed E-state index contributed by atoms with van der Waals surface area (Å²) < 4.78 is 3.08. The third kappa shape index (κ3) is 1.24. The Bertz CT molecular complexity index is 367. The molecule has 0 aromatic carbocycles. The maximum absolute atomic E-state index is 4.15. The molecule has 0 spiro atoms. The molecule has 2 rings (SSSR count). The molecule has 0 saturated heterocycles. The maximum Gasteiger partial charge on any atom is 0.136 e. The zero-order chi connectivity index (χ0) is 7.68. The summed E-state index contributed by atoms with van der Waals surface area (Å²) in [7, 11) is 0. The number of hydrogen-bond acceptors (Lipinski definition) is 1. The highest BCUT2D eigenvalue weighted by molar-refractivity contribution is 14.1. The van der Waals surface area contributed by atoms with Gasteiger partial charge in [0.1, 0.15) is 5.65 Å². The van der Waals surface area contributed by atoms with Gasteiger partial charge in [0, 0.05) is 23.0 Å². The minimum Gasteiger partial charge on any atom is -0.307 e. The van der Waals surface area contributed by atoms with Crippen LogP contribution in [0, 0.1) is 0 Å². The fourth-order valence-electron chi connectivity index (χ4n) is 1.05. The molecule has 0 aliphatic rings. The van der Waals surface area contributed by atoms with Crippen molar-refractivity contribution in [2.24, 2.45) is 0 Å². The fraction of sp³-hybridized carbons (Fsp3) is 0.125. The Morgan fingerprint density at radius 3 is 3.18 bits per heavy atom. The van der Waals surface area contributed by atoms with Gasteiger partial charge in [0.2, 0.25) is 0 Å². The summed E-state index contributed by atoms with van der Waals surface area (Å²) in [4.78, 5) is 4.15. The average molecular weight is 258 g/mol. The molecule has 2 aromatic heterocycles. The van der Waals surface area contributed by atoms with E-state index < -0.39 is 0 Å². The molecule has 0 unspecified atom stereocenters. The highest BCUT2D eigenvalue weighted by atomic mass is 127. The highest BCUT2D eigenvalue weighted by Crippen LogP contribution is 2.07. The first-order valence-corrected chi connectivity index (χ1v) is 4.90. The second-order valence-corrected chi connectivity index (χ2v) is 3.13. The van der Waals surface area contributed by atoms with E-state index in [4.69, 9.17) is 0 Å². The van der Waals surface area contributed by atoms with E-state index in [1.807, 2.05) is 22.9 Å². The number of fused-ring (bicyclic) bond motifs is 1. The lowest BCUT2D eigenvalue weighted by Gasteiger charge is -1.95. The van der Waals surface area contributed by atoms with Gasteiger partial charge in [-0.3, -0.25) is 0 Å².